The maximum atomic E-state index is 12.4. The fourth-order valence-corrected chi connectivity index (χ4v) is 3.01. The van der Waals surface area contributed by atoms with Crippen molar-refractivity contribution in [1.29, 1.82) is 0 Å². The van der Waals surface area contributed by atoms with E-state index in [4.69, 9.17) is 0 Å². The summed E-state index contributed by atoms with van der Waals surface area (Å²) in [6, 6.07) is 12.2. The Morgan fingerprint density at radius 1 is 1.04 bits per heavy atom. The van der Waals surface area contributed by atoms with Crippen molar-refractivity contribution >= 4 is 39.1 Å². The molecule has 5 nitrogen and oxygen atoms in total. The van der Waals surface area contributed by atoms with E-state index >= 15 is 0 Å². The first kappa shape index (κ1) is 17.4. The maximum absolute atomic E-state index is 12.4. The second-order valence-corrected chi connectivity index (χ2v) is 7.71. The smallest absolute Gasteiger partial charge is 0.255 e. The predicted octanol–water partition coefficient (Wildman–Crippen LogP) is 3.34. The molecule has 0 aliphatic heterocycles. The molecule has 0 spiro atoms. The lowest BCUT2D eigenvalue weighted by Gasteiger charge is -2.10. The van der Waals surface area contributed by atoms with Crippen LogP contribution in [0, 0.1) is 6.92 Å². The highest BCUT2D eigenvalue weighted by Gasteiger charge is 2.10. The maximum Gasteiger partial charge on any atom is 0.255 e. The van der Waals surface area contributed by atoms with Gasteiger partial charge in [-0.25, -0.2) is 8.42 Å². The Labute approximate surface area is 140 Å². The molecule has 2 N–H and O–H groups in total. The third kappa shape index (κ3) is 5.01. The second-order valence-electron chi connectivity index (χ2n) is 5.09. The van der Waals surface area contributed by atoms with Crippen molar-refractivity contribution in [1.82, 2.24) is 0 Å². The number of hydrogen-bond donors (Lipinski definition) is 2. The molecule has 0 saturated carbocycles. The Bertz CT molecular complexity index is 816. The Balaban J connectivity index is 2.14. The molecule has 0 atom stereocenters. The Hall–Kier alpha value is -1.99. The number of sulfonamides is 1. The molecule has 0 unspecified atom stereocenters. The van der Waals surface area contributed by atoms with Gasteiger partial charge in [0.05, 0.1) is 6.26 Å². The number of aryl methyl sites for hydroxylation is 1. The van der Waals surface area contributed by atoms with Gasteiger partial charge in [0, 0.05) is 21.8 Å². The quantitative estimate of drug-likeness (QED) is 0.811. The topological polar surface area (TPSA) is 75.3 Å². The summed E-state index contributed by atoms with van der Waals surface area (Å²) in [4.78, 5) is 13.4. The summed E-state index contributed by atoms with van der Waals surface area (Å²) in [5.74, 6) is -0.192. The van der Waals surface area contributed by atoms with Crippen LogP contribution in [0.15, 0.2) is 47.4 Å². The fourth-order valence-electron chi connectivity index (χ4n) is 2.01. The number of nitrogens with one attached hydrogen (secondary N) is 2. The van der Waals surface area contributed by atoms with E-state index in [-0.39, 0.29) is 5.91 Å². The highest BCUT2D eigenvalue weighted by atomic mass is 32.2. The third-order valence-electron chi connectivity index (χ3n) is 3.14. The number of anilines is 2. The van der Waals surface area contributed by atoms with E-state index in [0.29, 0.717) is 16.9 Å². The van der Waals surface area contributed by atoms with Crippen molar-refractivity contribution in [2.75, 3.05) is 22.6 Å². The van der Waals surface area contributed by atoms with Gasteiger partial charge in [-0.15, -0.1) is 11.8 Å². The molecule has 122 valence electrons. The van der Waals surface area contributed by atoms with E-state index in [0.717, 1.165) is 16.7 Å². The monoisotopic (exact) mass is 350 g/mol. The lowest BCUT2D eigenvalue weighted by Crippen LogP contribution is -2.14. The van der Waals surface area contributed by atoms with Gasteiger partial charge in [-0.1, -0.05) is 6.07 Å². The van der Waals surface area contributed by atoms with Gasteiger partial charge in [0.15, 0.2) is 0 Å². The van der Waals surface area contributed by atoms with Crippen LogP contribution in [-0.4, -0.2) is 26.8 Å². The molecule has 2 aromatic rings. The first-order valence-electron chi connectivity index (χ1n) is 6.82. The summed E-state index contributed by atoms with van der Waals surface area (Å²) < 4.78 is 24.7. The molecule has 7 heteroatoms. The highest BCUT2D eigenvalue weighted by molar-refractivity contribution is 7.98. The Kier molecular flexibility index (Phi) is 5.33. The molecular weight excluding hydrogens is 332 g/mol. The molecule has 0 heterocycles. The van der Waals surface area contributed by atoms with Crippen molar-refractivity contribution in [3.05, 3.63) is 53.6 Å². The van der Waals surface area contributed by atoms with Gasteiger partial charge >= 0.3 is 0 Å². The number of hydrogen-bond acceptors (Lipinski definition) is 4. The molecule has 0 aliphatic carbocycles. The van der Waals surface area contributed by atoms with E-state index in [1.807, 2.05) is 31.4 Å². The molecule has 0 radical (unpaired) electrons. The van der Waals surface area contributed by atoms with E-state index in [2.05, 4.69) is 10.0 Å². The van der Waals surface area contributed by atoms with Crippen molar-refractivity contribution in [2.24, 2.45) is 0 Å². The van der Waals surface area contributed by atoms with E-state index < -0.39 is 10.0 Å². The Morgan fingerprint density at radius 2 is 1.65 bits per heavy atom. The van der Waals surface area contributed by atoms with Crippen LogP contribution in [-0.2, 0) is 10.0 Å². The zero-order chi connectivity index (χ0) is 17.0. The minimum atomic E-state index is -3.31. The first-order valence-corrected chi connectivity index (χ1v) is 9.94. The molecule has 2 aromatic carbocycles. The summed E-state index contributed by atoms with van der Waals surface area (Å²) in [5, 5.41) is 2.81. The van der Waals surface area contributed by atoms with Crippen LogP contribution >= 0.6 is 11.8 Å². The fraction of sp³-hybridized carbons (Fsp3) is 0.188. The van der Waals surface area contributed by atoms with Crippen molar-refractivity contribution < 1.29 is 13.2 Å². The van der Waals surface area contributed by atoms with Gasteiger partial charge in [0.2, 0.25) is 10.0 Å². The minimum absolute atomic E-state index is 0.192. The lowest BCUT2D eigenvalue weighted by atomic mass is 10.1. The standard InChI is InChI=1S/C16H18N2O3S2/c1-11-4-9-14(22-2)10-15(11)16(19)17-12-5-7-13(8-6-12)18-23(3,20)21/h4-10,18H,1-3H3,(H,17,19). The van der Waals surface area contributed by atoms with Gasteiger partial charge in [-0.3, -0.25) is 9.52 Å². The average molecular weight is 350 g/mol. The number of carbonyl (C=O) groups excluding carboxylic acids is 1. The van der Waals surface area contributed by atoms with Crippen LogP contribution in [0.1, 0.15) is 15.9 Å². The molecule has 0 fully saturated rings. The van der Waals surface area contributed by atoms with Crippen LogP contribution in [0.25, 0.3) is 0 Å². The van der Waals surface area contributed by atoms with Crippen LogP contribution in [0.2, 0.25) is 0 Å². The van der Waals surface area contributed by atoms with Crippen LogP contribution in [0.4, 0.5) is 11.4 Å². The van der Waals surface area contributed by atoms with Gasteiger partial charge in [-0.2, -0.15) is 0 Å². The van der Waals surface area contributed by atoms with E-state index in [1.165, 1.54) is 0 Å². The molecule has 0 aliphatic rings. The second kappa shape index (κ2) is 7.06. The SMILES string of the molecule is CSc1ccc(C)c(C(=O)Nc2ccc(NS(C)(=O)=O)cc2)c1. The normalized spacial score (nSPS) is 11.1. The summed E-state index contributed by atoms with van der Waals surface area (Å²) in [6.07, 6.45) is 3.05. The van der Waals surface area contributed by atoms with Crippen LogP contribution in [0.3, 0.4) is 0 Å². The van der Waals surface area contributed by atoms with Crippen LogP contribution < -0.4 is 10.0 Å². The minimum Gasteiger partial charge on any atom is -0.322 e. The highest BCUT2D eigenvalue weighted by Crippen LogP contribution is 2.21. The van der Waals surface area contributed by atoms with Gasteiger partial charge in [0.1, 0.15) is 0 Å². The summed E-state index contributed by atoms with van der Waals surface area (Å²) in [5.41, 5.74) is 2.57. The third-order valence-corrected chi connectivity index (χ3v) is 4.47. The molecule has 23 heavy (non-hydrogen) atoms. The van der Waals surface area contributed by atoms with Crippen LogP contribution in [0.5, 0.6) is 0 Å². The summed E-state index contributed by atoms with van der Waals surface area (Å²) in [7, 11) is -3.31. The number of benzene rings is 2. The Morgan fingerprint density at radius 3 is 2.22 bits per heavy atom. The zero-order valence-corrected chi connectivity index (χ0v) is 14.7. The van der Waals surface area contributed by atoms with E-state index in [9.17, 15) is 13.2 Å². The molecule has 0 saturated heterocycles. The number of thioether (sulfide) groups is 1. The molecule has 2 rings (SSSR count). The van der Waals surface area contributed by atoms with Crippen molar-refractivity contribution in [3.63, 3.8) is 0 Å². The molecular formula is C16H18N2O3S2. The predicted molar refractivity (Wildman–Crippen MR) is 95.8 cm³/mol. The van der Waals surface area contributed by atoms with Gasteiger partial charge in [-0.05, 0) is 55.1 Å². The van der Waals surface area contributed by atoms with Crippen molar-refractivity contribution in [2.45, 2.75) is 11.8 Å². The molecule has 1 amide bonds. The zero-order valence-electron chi connectivity index (χ0n) is 13.1. The van der Waals surface area contributed by atoms with Gasteiger partial charge in [0.25, 0.3) is 5.91 Å². The molecule has 0 bridgehead atoms. The number of amides is 1. The number of carbonyl (C=O) groups is 1. The van der Waals surface area contributed by atoms with Gasteiger partial charge < -0.3 is 5.32 Å². The van der Waals surface area contributed by atoms with E-state index in [1.54, 1.807) is 36.0 Å². The molecule has 0 aromatic heterocycles. The average Bonchev–Trinajstić information content (AvgIpc) is 2.48. The lowest BCUT2D eigenvalue weighted by molar-refractivity contribution is 0.102. The first-order chi connectivity index (χ1) is 10.8. The summed E-state index contributed by atoms with van der Waals surface area (Å²) >= 11 is 1.58. The van der Waals surface area contributed by atoms with Crippen molar-refractivity contribution in [3.8, 4) is 0 Å². The number of rotatable bonds is 5. The largest absolute Gasteiger partial charge is 0.322 e. The summed E-state index contributed by atoms with van der Waals surface area (Å²) in [6.45, 7) is 1.89.